The predicted molar refractivity (Wildman–Crippen MR) is 70.7 cm³/mol. The second kappa shape index (κ2) is 7.71. The van der Waals surface area contributed by atoms with Crippen molar-refractivity contribution in [1.82, 2.24) is 5.32 Å². The van der Waals surface area contributed by atoms with Gasteiger partial charge in [-0.05, 0) is 31.2 Å². The molecule has 0 aliphatic carbocycles. The summed E-state index contributed by atoms with van der Waals surface area (Å²) in [6, 6.07) is 8.22. The molecule has 100 valence electrons. The normalized spacial score (nSPS) is 11.9. The van der Waals surface area contributed by atoms with E-state index in [1.54, 1.807) is 0 Å². The van der Waals surface area contributed by atoms with Gasteiger partial charge in [0.15, 0.2) is 0 Å². The number of ether oxygens (including phenoxy) is 2. The molecule has 18 heavy (non-hydrogen) atoms. The maximum Gasteiger partial charge on any atom is 0.308 e. The van der Waals surface area contributed by atoms with Gasteiger partial charge in [0.25, 0.3) is 0 Å². The van der Waals surface area contributed by atoms with Gasteiger partial charge in [-0.15, -0.1) is 0 Å². The van der Waals surface area contributed by atoms with E-state index in [1.807, 2.05) is 24.3 Å². The van der Waals surface area contributed by atoms with Gasteiger partial charge in [0, 0.05) is 6.04 Å². The molecule has 0 spiro atoms. The van der Waals surface area contributed by atoms with Crippen molar-refractivity contribution in [3.63, 3.8) is 0 Å². The zero-order valence-corrected chi connectivity index (χ0v) is 11.2. The van der Waals surface area contributed by atoms with Gasteiger partial charge in [-0.25, -0.2) is 0 Å². The molecule has 0 bridgehead atoms. The van der Waals surface area contributed by atoms with Crippen LogP contribution in [0.4, 0.5) is 0 Å². The summed E-state index contributed by atoms with van der Waals surface area (Å²) in [5.41, 5.74) is 1.22. The van der Waals surface area contributed by atoms with Gasteiger partial charge in [0.05, 0.1) is 20.1 Å². The van der Waals surface area contributed by atoms with Crippen LogP contribution in [0.25, 0.3) is 0 Å². The van der Waals surface area contributed by atoms with Crippen molar-refractivity contribution in [2.24, 2.45) is 0 Å². The molecule has 0 saturated heterocycles. The van der Waals surface area contributed by atoms with Crippen molar-refractivity contribution >= 4 is 5.97 Å². The minimum absolute atomic E-state index is 0.257. The highest BCUT2D eigenvalue weighted by molar-refractivity contribution is 5.69. The third-order valence-corrected chi connectivity index (χ3v) is 2.69. The van der Waals surface area contributed by atoms with Gasteiger partial charge < -0.3 is 14.8 Å². The lowest BCUT2D eigenvalue weighted by Crippen LogP contribution is -2.17. The van der Waals surface area contributed by atoms with Crippen molar-refractivity contribution in [2.45, 2.75) is 26.3 Å². The quantitative estimate of drug-likeness (QED) is 0.755. The molecule has 4 nitrogen and oxygen atoms in total. The molecule has 0 amide bonds. The molecule has 1 unspecified atom stereocenters. The highest BCUT2D eigenvalue weighted by Crippen LogP contribution is 2.17. The summed E-state index contributed by atoms with van der Waals surface area (Å²) in [5, 5.41) is 3.34. The van der Waals surface area contributed by atoms with Crippen LogP contribution in [0.15, 0.2) is 24.3 Å². The third-order valence-electron chi connectivity index (χ3n) is 2.69. The van der Waals surface area contributed by atoms with E-state index in [-0.39, 0.29) is 12.4 Å². The van der Waals surface area contributed by atoms with Crippen LogP contribution in [0.1, 0.15) is 31.9 Å². The lowest BCUT2D eigenvalue weighted by Gasteiger charge is -2.13. The molecule has 1 N–H and O–H groups in total. The number of carbonyl (C=O) groups is 1. The number of hydrogen-bond donors (Lipinski definition) is 1. The lowest BCUT2D eigenvalue weighted by atomic mass is 10.1. The van der Waals surface area contributed by atoms with E-state index in [0.29, 0.717) is 12.6 Å². The van der Waals surface area contributed by atoms with Crippen LogP contribution < -0.4 is 10.1 Å². The van der Waals surface area contributed by atoms with E-state index in [0.717, 1.165) is 12.3 Å². The Morgan fingerprint density at radius 1 is 1.33 bits per heavy atom. The monoisotopic (exact) mass is 251 g/mol. The molecule has 0 fully saturated rings. The molecule has 0 aliphatic rings. The number of methoxy groups -OCH3 is 1. The molecular formula is C14H21NO3. The number of hydrogen-bond acceptors (Lipinski definition) is 4. The first kappa shape index (κ1) is 14.5. The van der Waals surface area contributed by atoms with Crippen LogP contribution in [-0.4, -0.2) is 26.2 Å². The van der Waals surface area contributed by atoms with E-state index in [2.05, 4.69) is 23.9 Å². The molecular weight excluding hydrogens is 230 g/mol. The average Bonchev–Trinajstić information content (AvgIpc) is 2.39. The molecule has 4 heteroatoms. The number of esters is 1. The van der Waals surface area contributed by atoms with Crippen molar-refractivity contribution < 1.29 is 14.3 Å². The van der Waals surface area contributed by atoms with Crippen molar-refractivity contribution in [2.75, 3.05) is 20.3 Å². The largest absolute Gasteiger partial charge is 0.493 e. The molecule has 1 aromatic carbocycles. The van der Waals surface area contributed by atoms with Crippen LogP contribution in [0.3, 0.4) is 0 Å². The van der Waals surface area contributed by atoms with Gasteiger partial charge in [-0.2, -0.15) is 0 Å². The van der Waals surface area contributed by atoms with Gasteiger partial charge in [0.1, 0.15) is 5.75 Å². The summed E-state index contributed by atoms with van der Waals surface area (Å²) in [6.07, 6.45) is 0.270. The van der Waals surface area contributed by atoms with Crippen molar-refractivity contribution in [3.8, 4) is 5.75 Å². The third kappa shape index (κ3) is 4.75. The molecule has 0 aromatic heterocycles. The fraction of sp³-hybridized carbons (Fsp3) is 0.500. The van der Waals surface area contributed by atoms with Gasteiger partial charge >= 0.3 is 5.97 Å². The Morgan fingerprint density at radius 3 is 2.56 bits per heavy atom. The van der Waals surface area contributed by atoms with E-state index >= 15 is 0 Å². The first-order chi connectivity index (χ1) is 8.67. The Balaban J connectivity index is 2.42. The summed E-state index contributed by atoms with van der Waals surface area (Å²) >= 11 is 0. The van der Waals surface area contributed by atoms with Crippen LogP contribution in [0.5, 0.6) is 5.75 Å². The van der Waals surface area contributed by atoms with E-state index in [4.69, 9.17) is 4.74 Å². The topological polar surface area (TPSA) is 47.6 Å². The molecule has 0 radical (unpaired) electrons. The zero-order chi connectivity index (χ0) is 13.4. The SMILES string of the molecule is CCNC(C)c1ccc(OCCC(=O)OC)cc1. The zero-order valence-electron chi connectivity index (χ0n) is 11.2. The first-order valence-corrected chi connectivity index (χ1v) is 6.20. The first-order valence-electron chi connectivity index (χ1n) is 6.20. The Kier molecular flexibility index (Phi) is 6.22. The summed E-state index contributed by atoms with van der Waals surface area (Å²) in [5.74, 6) is 0.513. The Labute approximate surface area is 108 Å². The summed E-state index contributed by atoms with van der Waals surface area (Å²) < 4.78 is 9.99. The van der Waals surface area contributed by atoms with Crippen LogP contribution in [0, 0.1) is 0 Å². The molecule has 0 heterocycles. The summed E-state index contributed by atoms with van der Waals surface area (Å²) in [6.45, 7) is 5.49. The number of carbonyl (C=O) groups excluding carboxylic acids is 1. The standard InChI is InChI=1S/C14H21NO3/c1-4-15-11(2)12-5-7-13(8-6-12)18-10-9-14(16)17-3/h5-8,11,15H,4,9-10H2,1-3H3. The number of rotatable bonds is 7. The van der Waals surface area contributed by atoms with Crippen LogP contribution in [0.2, 0.25) is 0 Å². The second-order valence-electron chi connectivity index (χ2n) is 4.02. The fourth-order valence-electron chi connectivity index (χ4n) is 1.63. The predicted octanol–water partition coefficient (Wildman–Crippen LogP) is 2.30. The molecule has 1 rings (SSSR count). The smallest absolute Gasteiger partial charge is 0.308 e. The molecule has 0 saturated carbocycles. The van der Waals surface area contributed by atoms with Crippen LogP contribution >= 0.6 is 0 Å². The fourth-order valence-corrected chi connectivity index (χ4v) is 1.63. The van der Waals surface area contributed by atoms with Gasteiger partial charge in [0.2, 0.25) is 0 Å². The summed E-state index contributed by atoms with van der Waals surface area (Å²) in [7, 11) is 1.37. The minimum Gasteiger partial charge on any atom is -0.493 e. The Morgan fingerprint density at radius 2 is 2.00 bits per heavy atom. The maximum atomic E-state index is 10.9. The Bertz CT molecular complexity index is 362. The molecule has 1 aromatic rings. The van der Waals surface area contributed by atoms with Gasteiger partial charge in [-0.1, -0.05) is 19.1 Å². The van der Waals surface area contributed by atoms with Gasteiger partial charge in [-0.3, -0.25) is 4.79 Å². The second-order valence-corrected chi connectivity index (χ2v) is 4.02. The van der Waals surface area contributed by atoms with Crippen molar-refractivity contribution in [1.29, 1.82) is 0 Å². The maximum absolute atomic E-state index is 10.9. The highest BCUT2D eigenvalue weighted by atomic mass is 16.5. The molecule has 0 aliphatic heterocycles. The summed E-state index contributed by atoms with van der Waals surface area (Å²) in [4.78, 5) is 10.9. The van der Waals surface area contributed by atoms with E-state index in [9.17, 15) is 4.79 Å². The highest BCUT2D eigenvalue weighted by Gasteiger charge is 2.04. The Hall–Kier alpha value is -1.55. The average molecular weight is 251 g/mol. The van der Waals surface area contributed by atoms with Crippen molar-refractivity contribution in [3.05, 3.63) is 29.8 Å². The minimum atomic E-state index is -0.257. The molecule has 1 atom stereocenters. The van der Waals surface area contributed by atoms with E-state index < -0.39 is 0 Å². The van der Waals surface area contributed by atoms with E-state index in [1.165, 1.54) is 12.7 Å². The lowest BCUT2D eigenvalue weighted by molar-refractivity contribution is -0.141. The number of benzene rings is 1. The number of nitrogens with one attached hydrogen (secondary N) is 1. The van der Waals surface area contributed by atoms with Crippen LogP contribution in [-0.2, 0) is 9.53 Å².